The molecule has 1 fully saturated rings. The summed E-state index contributed by atoms with van der Waals surface area (Å²) in [4.78, 5) is 11.6. The molecule has 1 atom stereocenters. The van der Waals surface area contributed by atoms with Gasteiger partial charge in [-0.15, -0.1) is 0 Å². The highest BCUT2D eigenvalue weighted by molar-refractivity contribution is 5.42. The third-order valence-corrected chi connectivity index (χ3v) is 4.56. The maximum atomic E-state index is 4.73. The van der Waals surface area contributed by atoms with E-state index in [9.17, 15) is 0 Å². The molecule has 1 N–H and O–H groups in total. The summed E-state index contributed by atoms with van der Waals surface area (Å²) >= 11 is 0. The third-order valence-electron chi connectivity index (χ3n) is 4.56. The molecule has 0 spiro atoms. The standard InChI is InChI=1S/C19H26N4/c1-2-17-10-6-7-15-23(17)19-21-14-12-18(22-19)20-13-11-16-8-4-3-5-9-16/h3-5,8-9,12,14,17H,2,6-7,10-11,13,15H2,1H3,(H,20,21,22). The minimum Gasteiger partial charge on any atom is -0.370 e. The predicted molar refractivity (Wildman–Crippen MR) is 95.9 cm³/mol. The molecule has 2 heterocycles. The Morgan fingerprint density at radius 2 is 2.04 bits per heavy atom. The first kappa shape index (κ1) is 15.8. The van der Waals surface area contributed by atoms with Crippen molar-refractivity contribution in [1.29, 1.82) is 0 Å². The summed E-state index contributed by atoms with van der Waals surface area (Å²) in [6.07, 6.45) is 7.85. The van der Waals surface area contributed by atoms with E-state index in [0.717, 1.165) is 37.7 Å². The number of anilines is 2. The summed E-state index contributed by atoms with van der Waals surface area (Å²) in [7, 11) is 0. The zero-order valence-corrected chi connectivity index (χ0v) is 13.9. The van der Waals surface area contributed by atoms with Crippen LogP contribution in [0.1, 0.15) is 38.2 Å². The van der Waals surface area contributed by atoms with Crippen molar-refractivity contribution in [3.8, 4) is 0 Å². The van der Waals surface area contributed by atoms with E-state index in [1.54, 1.807) is 0 Å². The van der Waals surface area contributed by atoms with Gasteiger partial charge in [0.25, 0.3) is 0 Å². The van der Waals surface area contributed by atoms with E-state index >= 15 is 0 Å². The molecule has 122 valence electrons. The van der Waals surface area contributed by atoms with E-state index in [2.05, 4.69) is 52.5 Å². The minimum atomic E-state index is 0.586. The molecule has 0 saturated carbocycles. The van der Waals surface area contributed by atoms with Crippen LogP contribution in [0.15, 0.2) is 42.6 Å². The first-order chi connectivity index (χ1) is 11.4. The number of hydrogen-bond acceptors (Lipinski definition) is 4. The van der Waals surface area contributed by atoms with E-state index in [-0.39, 0.29) is 0 Å². The Hall–Kier alpha value is -2.10. The topological polar surface area (TPSA) is 41.1 Å². The lowest BCUT2D eigenvalue weighted by Crippen LogP contribution is -2.40. The molecule has 1 saturated heterocycles. The van der Waals surface area contributed by atoms with Crippen molar-refractivity contribution in [2.24, 2.45) is 0 Å². The summed E-state index contributed by atoms with van der Waals surface area (Å²) in [6.45, 7) is 4.22. The van der Waals surface area contributed by atoms with Crippen LogP contribution in [-0.2, 0) is 6.42 Å². The zero-order chi connectivity index (χ0) is 15.9. The van der Waals surface area contributed by atoms with Crippen LogP contribution in [0.25, 0.3) is 0 Å². The smallest absolute Gasteiger partial charge is 0.227 e. The Morgan fingerprint density at radius 1 is 1.17 bits per heavy atom. The molecule has 4 heteroatoms. The Bertz CT molecular complexity index is 599. The van der Waals surface area contributed by atoms with E-state index in [1.165, 1.54) is 24.8 Å². The van der Waals surface area contributed by atoms with Gasteiger partial charge in [-0.2, -0.15) is 4.98 Å². The van der Waals surface area contributed by atoms with Crippen LogP contribution < -0.4 is 10.2 Å². The molecule has 0 radical (unpaired) electrons. The molecular weight excluding hydrogens is 284 g/mol. The van der Waals surface area contributed by atoms with Gasteiger partial charge in [-0.25, -0.2) is 4.98 Å². The maximum Gasteiger partial charge on any atom is 0.227 e. The van der Waals surface area contributed by atoms with Crippen molar-refractivity contribution in [2.75, 3.05) is 23.3 Å². The molecule has 1 aliphatic rings. The average molecular weight is 310 g/mol. The molecule has 1 aromatic carbocycles. The van der Waals surface area contributed by atoms with Gasteiger partial charge < -0.3 is 10.2 Å². The second-order valence-corrected chi connectivity index (χ2v) is 6.16. The number of piperidine rings is 1. The Morgan fingerprint density at radius 3 is 2.87 bits per heavy atom. The highest BCUT2D eigenvalue weighted by Gasteiger charge is 2.23. The van der Waals surface area contributed by atoms with Crippen LogP contribution in [0.2, 0.25) is 0 Å². The molecule has 1 aliphatic heterocycles. The summed E-state index contributed by atoms with van der Waals surface area (Å²) in [5.41, 5.74) is 1.34. The van der Waals surface area contributed by atoms with Crippen molar-refractivity contribution in [1.82, 2.24) is 9.97 Å². The molecule has 0 amide bonds. The lowest BCUT2D eigenvalue weighted by molar-refractivity contribution is 0.443. The van der Waals surface area contributed by atoms with Crippen molar-refractivity contribution in [2.45, 2.75) is 45.1 Å². The quantitative estimate of drug-likeness (QED) is 0.878. The van der Waals surface area contributed by atoms with Crippen LogP contribution in [-0.4, -0.2) is 29.1 Å². The molecule has 2 aromatic rings. The fraction of sp³-hybridized carbons (Fsp3) is 0.474. The lowest BCUT2D eigenvalue weighted by atomic mass is 10.0. The fourth-order valence-corrected chi connectivity index (χ4v) is 3.25. The van der Waals surface area contributed by atoms with Gasteiger partial charge in [0.2, 0.25) is 5.95 Å². The molecule has 1 unspecified atom stereocenters. The van der Waals surface area contributed by atoms with Gasteiger partial charge in [0.1, 0.15) is 5.82 Å². The summed E-state index contributed by atoms with van der Waals surface area (Å²) in [5, 5.41) is 3.43. The summed E-state index contributed by atoms with van der Waals surface area (Å²) in [6, 6.07) is 13.1. The van der Waals surface area contributed by atoms with Gasteiger partial charge in [0, 0.05) is 25.3 Å². The second-order valence-electron chi connectivity index (χ2n) is 6.16. The average Bonchev–Trinajstić information content (AvgIpc) is 2.63. The first-order valence-corrected chi connectivity index (χ1v) is 8.74. The highest BCUT2D eigenvalue weighted by atomic mass is 15.3. The van der Waals surface area contributed by atoms with Crippen LogP contribution in [0, 0.1) is 0 Å². The van der Waals surface area contributed by atoms with E-state index < -0.39 is 0 Å². The third kappa shape index (κ3) is 4.21. The number of hydrogen-bond donors (Lipinski definition) is 1. The molecule has 0 bridgehead atoms. The van der Waals surface area contributed by atoms with Gasteiger partial charge in [0.05, 0.1) is 0 Å². The van der Waals surface area contributed by atoms with Crippen molar-refractivity contribution in [3.05, 3.63) is 48.2 Å². The van der Waals surface area contributed by atoms with E-state index in [1.807, 2.05) is 12.3 Å². The van der Waals surface area contributed by atoms with E-state index in [4.69, 9.17) is 4.98 Å². The summed E-state index contributed by atoms with van der Waals surface area (Å²) in [5.74, 6) is 1.80. The molecule has 3 rings (SSSR count). The SMILES string of the molecule is CCC1CCCCN1c1nccc(NCCc2ccccc2)n1. The predicted octanol–water partition coefficient (Wildman–Crippen LogP) is 3.90. The van der Waals surface area contributed by atoms with Crippen molar-refractivity contribution < 1.29 is 0 Å². The van der Waals surface area contributed by atoms with Crippen LogP contribution in [0.3, 0.4) is 0 Å². The monoisotopic (exact) mass is 310 g/mol. The highest BCUT2D eigenvalue weighted by Crippen LogP contribution is 2.24. The maximum absolute atomic E-state index is 4.73. The number of nitrogens with one attached hydrogen (secondary N) is 1. The van der Waals surface area contributed by atoms with E-state index in [0.29, 0.717) is 6.04 Å². The number of nitrogens with zero attached hydrogens (tertiary/aromatic N) is 3. The molecule has 23 heavy (non-hydrogen) atoms. The van der Waals surface area contributed by atoms with Gasteiger partial charge in [0.15, 0.2) is 0 Å². The van der Waals surface area contributed by atoms with Crippen LogP contribution in [0.4, 0.5) is 11.8 Å². The van der Waals surface area contributed by atoms with Gasteiger partial charge in [-0.1, -0.05) is 37.3 Å². The first-order valence-electron chi connectivity index (χ1n) is 8.74. The fourth-order valence-electron chi connectivity index (χ4n) is 3.25. The van der Waals surface area contributed by atoms with Gasteiger partial charge in [-0.05, 0) is 43.7 Å². The van der Waals surface area contributed by atoms with Crippen LogP contribution >= 0.6 is 0 Å². The number of rotatable bonds is 6. The second kappa shape index (κ2) is 7.95. The number of benzene rings is 1. The molecular formula is C19H26N4. The Labute approximate surface area is 139 Å². The van der Waals surface area contributed by atoms with Crippen LogP contribution in [0.5, 0.6) is 0 Å². The zero-order valence-electron chi connectivity index (χ0n) is 13.9. The summed E-state index contributed by atoms with van der Waals surface area (Å²) < 4.78 is 0. The van der Waals surface area contributed by atoms with Crippen molar-refractivity contribution >= 4 is 11.8 Å². The Kier molecular flexibility index (Phi) is 5.46. The molecule has 4 nitrogen and oxygen atoms in total. The minimum absolute atomic E-state index is 0.586. The largest absolute Gasteiger partial charge is 0.370 e. The molecule has 1 aromatic heterocycles. The number of aromatic nitrogens is 2. The Balaban J connectivity index is 1.60. The normalized spacial score (nSPS) is 18.0. The lowest BCUT2D eigenvalue weighted by Gasteiger charge is -2.35. The van der Waals surface area contributed by atoms with Gasteiger partial charge in [-0.3, -0.25) is 0 Å². The van der Waals surface area contributed by atoms with Crippen molar-refractivity contribution in [3.63, 3.8) is 0 Å². The molecule has 0 aliphatic carbocycles. The van der Waals surface area contributed by atoms with Gasteiger partial charge >= 0.3 is 0 Å².